The van der Waals surface area contributed by atoms with Crippen LogP contribution < -0.4 is 10.0 Å². The van der Waals surface area contributed by atoms with E-state index in [4.69, 9.17) is 11.6 Å². The van der Waals surface area contributed by atoms with Gasteiger partial charge in [-0.05, 0) is 42.8 Å². The van der Waals surface area contributed by atoms with E-state index in [9.17, 15) is 17.6 Å². The van der Waals surface area contributed by atoms with Gasteiger partial charge in [-0.1, -0.05) is 23.7 Å². The molecule has 0 saturated heterocycles. The van der Waals surface area contributed by atoms with Crippen LogP contribution in [0.15, 0.2) is 47.4 Å². The van der Waals surface area contributed by atoms with Crippen molar-refractivity contribution in [2.24, 2.45) is 0 Å². The standard InChI is InChI=1S/C16H16ClFN2O3S/c1-2-19-16(21)12-5-3-11(4-6-12)10-20-24(22,23)15-8-7-13(18)9-14(15)17/h3-9,20H,2,10H2,1H3,(H,19,21). The molecule has 0 fully saturated rings. The van der Waals surface area contributed by atoms with E-state index >= 15 is 0 Å². The van der Waals surface area contributed by atoms with Crippen LogP contribution in [0.2, 0.25) is 5.02 Å². The molecule has 0 aliphatic carbocycles. The Bertz CT molecular complexity index is 839. The van der Waals surface area contributed by atoms with Crippen LogP contribution in [0.1, 0.15) is 22.8 Å². The molecule has 0 bridgehead atoms. The van der Waals surface area contributed by atoms with Crippen LogP contribution in [0.4, 0.5) is 4.39 Å². The maximum Gasteiger partial charge on any atom is 0.251 e. The minimum Gasteiger partial charge on any atom is -0.352 e. The van der Waals surface area contributed by atoms with E-state index in [1.54, 1.807) is 24.3 Å². The third kappa shape index (κ3) is 4.53. The smallest absolute Gasteiger partial charge is 0.251 e. The molecule has 0 atom stereocenters. The first kappa shape index (κ1) is 18.4. The van der Waals surface area contributed by atoms with Gasteiger partial charge in [0.05, 0.1) is 5.02 Å². The first-order chi connectivity index (χ1) is 11.3. The summed E-state index contributed by atoms with van der Waals surface area (Å²) >= 11 is 5.78. The molecule has 5 nitrogen and oxygen atoms in total. The second kappa shape index (κ2) is 7.74. The van der Waals surface area contributed by atoms with Crippen LogP contribution in [-0.4, -0.2) is 20.9 Å². The second-order valence-electron chi connectivity index (χ2n) is 4.96. The number of carbonyl (C=O) groups is 1. The van der Waals surface area contributed by atoms with Gasteiger partial charge < -0.3 is 5.32 Å². The van der Waals surface area contributed by atoms with Crippen LogP contribution in [-0.2, 0) is 16.6 Å². The monoisotopic (exact) mass is 370 g/mol. The van der Waals surface area contributed by atoms with E-state index in [0.717, 1.165) is 18.2 Å². The highest BCUT2D eigenvalue weighted by Crippen LogP contribution is 2.22. The Morgan fingerprint density at radius 3 is 2.42 bits per heavy atom. The maximum atomic E-state index is 13.0. The lowest BCUT2D eigenvalue weighted by atomic mass is 10.1. The molecule has 128 valence electrons. The molecule has 0 spiro atoms. The average Bonchev–Trinajstić information content (AvgIpc) is 2.53. The molecule has 0 aliphatic rings. The number of nitrogens with one attached hydrogen (secondary N) is 2. The van der Waals surface area contributed by atoms with Crippen molar-refractivity contribution in [3.05, 3.63) is 64.4 Å². The van der Waals surface area contributed by atoms with Crippen molar-refractivity contribution in [2.75, 3.05) is 6.54 Å². The number of halogens is 2. The number of hydrogen-bond donors (Lipinski definition) is 2. The minimum absolute atomic E-state index is 0.0196. The van der Waals surface area contributed by atoms with Gasteiger partial charge >= 0.3 is 0 Å². The number of carbonyl (C=O) groups excluding carboxylic acids is 1. The predicted octanol–water partition coefficient (Wildman–Crippen LogP) is 2.71. The molecule has 0 radical (unpaired) electrons. The highest BCUT2D eigenvalue weighted by Gasteiger charge is 2.18. The number of benzene rings is 2. The van der Waals surface area contributed by atoms with Crippen LogP contribution in [0, 0.1) is 5.82 Å². The Morgan fingerprint density at radius 1 is 1.17 bits per heavy atom. The minimum atomic E-state index is -3.87. The van der Waals surface area contributed by atoms with Crippen molar-refractivity contribution in [3.8, 4) is 0 Å². The normalized spacial score (nSPS) is 11.3. The summed E-state index contributed by atoms with van der Waals surface area (Å²) in [4.78, 5) is 11.5. The number of sulfonamides is 1. The van der Waals surface area contributed by atoms with Gasteiger partial charge in [-0.2, -0.15) is 0 Å². The molecule has 1 amide bonds. The van der Waals surface area contributed by atoms with Crippen molar-refractivity contribution < 1.29 is 17.6 Å². The van der Waals surface area contributed by atoms with Crippen molar-refractivity contribution in [1.29, 1.82) is 0 Å². The summed E-state index contributed by atoms with van der Waals surface area (Å²) in [5.41, 5.74) is 1.16. The lowest BCUT2D eigenvalue weighted by molar-refractivity contribution is 0.0956. The molecular formula is C16H16ClFN2O3S. The van der Waals surface area contributed by atoms with Gasteiger partial charge in [0.25, 0.3) is 5.91 Å². The number of amides is 1. The maximum absolute atomic E-state index is 13.0. The summed E-state index contributed by atoms with van der Waals surface area (Å²) in [7, 11) is -3.87. The molecule has 2 aromatic rings. The van der Waals surface area contributed by atoms with Gasteiger partial charge in [0.1, 0.15) is 10.7 Å². The third-order valence-electron chi connectivity index (χ3n) is 3.20. The lowest BCUT2D eigenvalue weighted by Gasteiger charge is -2.09. The first-order valence-corrected chi connectivity index (χ1v) is 9.01. The van der Waals surface area contributed by atoms with Crippen LogP contribution >= 0.6 is 11.6 Å². The molecule has 0 heterocycles. The molecule has 0 aliphatic heterocycles. The Balaban J connectivity index is 2.08. The predicted molar refractivity (Wildman–Crippen MR) is 89.9 cm³/mol. The van der Waals surface area contributed by atoms with Crippen molar-refractivity contribution in [1.82, 2.24) is 10.0 Å². The Kier molecular flexibility index (Phi) is 5.93. The van der Waals surface area contributed by atoms with E-state index < -0.39 is 15.8 Å². The zero-order chi connectivity index (χ0) is 17.7. The Labute approximate surface area is 144 Å². The molecule has 0 aromatic heterocycles. The third-order valence-corrected chi connectivity index (χ3v) is 5.09. The molecule has 24 heavy (non-hydrogen) atoms. The Morgan fingerprint density at radius 2 is 1.83 bits per heavy atom. The van der Waals surface area contributed by atoms with E-state index in [0.29, 0.717) is 17.7 Å². The zero-order valence-electron chi connectivity index (χ0n) is 12.8. The molecule has 2 aromatic carbocycles. The fraction of sp³-hybridized carbons (Fsp3) is 0.188. The van der Waals surface area contributed by atoms with Crippen molar-refractivity contribution in [3.63, 3.8) is 0 Å². The van der Waals surface area contributed by atoms with E-state index in [2.05, 4.69) is 10.0 Å². The molecule has 8 heteroatoms. The Hall–Kier alpha value is -1.96. The summed E-state index contributed by atoms with van der Waals surface area (Å²) in [6.07, 6.45) is 0. The fourth-order valence-electron chi connectivity index (χ4n) is 1.99. The largest absolute Gasteiger partial charge is 0.352 e. The van der Waals surface area contributed by atoms with E-state index in [1.807, 2.05) is 6.92 Å². The second-order valence-corrected chi connectivity index (χ2v) is 7.10. The fourth-order valence-corrected chi connectivity index (χ4v) is 3.53. The van der Waals surface area contributed by atoms with Gasteiger partial charge in [0, 0.05) is 18.7 Å². The molecule has 2 N–H and O–H groups in total. The van der Waals surface area contributed by atoms with Crippen molar-refractivity contribution >= 4 is 27.5 Å². The van der Waals surface area contributed by atoms with E-state index in [-0.39, 0.29) is 22.4 Å². The van der Waals surface area contributed by atoms with Crippen LogP contribution in [0.25, 0.3) is 0 Å². The lowest BCUT2D eigenvalue weighted by Crippen LogP contribution is -2.24. The highest BCUT2D eigenvalue weighted by atomic mass is 35.5. The molecule has 2 rings (SSSR count). The quantitative estimate of drug-likeness (QED) is 0.821. The zero-order valence-corrected chi connectivity index (χ0v) is 14.4. The average molecular weight is 371 g/mol. The van der Waals surface area contributed by atoms with E-state index in [1.165, 1.54) is 0 Å². The van der Waals surface area contributed by atoms with Crippen LogP contribution in [0.5, 0.6) is 0 Å². The van der Waals surface area contributed by atoms with Crippen LogP contribution in [0.3, 0.4) is 0 Å². The van der Waals surface area contributed by atoms with Gasteiger partial charge in [-0.3, -0.25) is 4.79 Å². The summed E-state index contributed by atoms with van der Waals surface area (Å²) in [6, 6.07) is 9.61. The van der Waals surface area contributed by atoms with Crippen molar-refractivity contribution in [2.45, 2.75) is 18.4 Å². The summed E-state index contributed by atoms with van der Waals surface area (Å²) in [6.45, 7) is 2.37. The summed E-state index contributed by atoms with van der Waals surface area (Å²) in [5.74, 6) is -0.803. The van der Waals surface area contributed by atoms with Gasteiger partial charge in [0.15, 0.2) is 0 Å². The van der Waals surface area contributed by atoms with Gasteiger partial charge in [0.2, 0.25) is 10.0 Å². The highest BCUT2D eigenvalue weighted by molar-refractivity contribution is 7.89. The molecule has 0 saturated carbocycles. The number of rotatable bonds is 6. The van der Waals surface area contributed by atoms with Gasteiger partial charge in [-0.15, -0.1) is 0 Å². The number of hydrogen-bond acceptors (Lipinski definition) is 3. The molecule has 0 unspecified atom stereocenters. The van der Waals surface area contributed by atoms with Gasteiger partial charge in [-0.25, -0.2) is 17.5 Å². The summed E-state index contributed by atoms with van der Waals surface area (Å²) in [5, 5.41) is 2.49. The topological polar surface area (TPSA) is 75.3 Å². The first-order valence-electron chi connectivity index (χ1n) is 7.15. The molecular weight excluding hydrogens is 355 g/mol. The SMILES string of the molecule is CCNC(=O)c1ccc(CNS(=O)(=O)c2ccc(F)cc2Cl)cc1. The summed E-state index contributed by atoms with van der Waals surface area (Å²) < 4.78 is 39.8.